The molecule has 2 N–H and O–H groups in total. The molecule has 4 heterocycles. The molecule has 0 fully saturated rings. The Morgan fingerprint density at radius 2 is 1.90 bits per heavy atom. The monoisotopic (exact) mass is 428 g/mol. The van der Waals surface area contributed by atoms with Gasteiger partial charge in [-0.05, 0) is 55.7 Å². The maximum absolute atomic E-state index is 12.7. The highest BCUT2D eigenvalue weighted by Gasteiger charge is 2.32. The predicted octanol–water partition coefficient (Wildman–Crippen LogP) is 4.40. The molecule has 4 aromatic rings. The summed E-state index contributed by atoms with van der Waals surface area (Å²) in [5.74, 6) is 0.0942. The zero-order chi connectivity index (χ0) is 22.3. The van der Waals surface area contributed by atoms with Gasteiger partial charge < -0.3 is 9.88 Å². The number of pyridine rings is 2. The second kappa shape index (κ2) is 7.53. The van der Waals surface area contributed by atoms with Crippen LogP contribution in [0.2, 0.25) is 0 Å². The number of anilines is 1. The molecule has 0 bridgehead atoms. The minimum absolute atomic E-state index is 0.336. The van der Waals surface area contributed by atoms with Gasteiger partial charge in [-0.25, -0.2) is 4.98 Å². The standard InChI is InChI=1S/C21H19F3N6O/c1-11-6-16-15(27-19(11)28-20(31)18-12(2)8-26-29-18)7-13(3)30(16)10-14-4-5-17(25-9-14)21(22,23)24/h4-9H,10H2,1-3H3,(H,26,29)(H,27,28,31). The number of carbonyl (C=O) groups is 1. The summed E-state index contributed by atoms with van der Waals surface area (Å²) in [5.41, 5.74) is 3.92. The fraction of sp³-hybridized carbons (Fsp3) is 0.238. The highest BCUT2D eigenvalue weighted by atomic mass is 19.4. The van der Waals surface area contributed by atoms with Crippen LogP contribution in [0.15, 0.2) is 36.7 Å². The summed E-state index contributed by atoms with van der Waals surface area (Å²) in [6, 6.07) is 6.15. The zero-order valence-corrected chi connectivity index (χ0v) is 17.0. The number of amides is 1. The molecule has 0 atom stereocenters. The molecule has 7 nitrogen and oxygen atoms in total. The van der Waals surface area contributed by atoms with E-state index < -0.39 is 11.9 Å². The summed E-state index contributed by atoms with van der Waals surface area (Å²) in [5, 5.41) is 9.32. The first-order valence-corrected chi connectivity index (χ1v) is 9.44. The van der Waals surface area contributed by atoms with Crippen LogP contribution in [0, 0.1) is 20.8 Å². The normalized spacial score (nSPS) is 11.8. The lowest BCUT2D eigenvalue weighted by molar-refractivity contribution is -0.141. The van der Waals surface area contributed by atoms with E-state index in [-0.39, 0.29) is 5.91 Å². The Morgan fingerprint density at radius 1 is 1.13 bits per heavy atom. The first-order valence-electron chi connectivity index (χ1n) is 9.44. The van der Waals surface area contributed by atoms with Crippen molar-refractivity contribution in [1.82, 2.24) is 24.7 Å². The summed E-state index contributed by atoms with van der Waals surface area (Å²) in [4.78, 5) is 20.6. The van der Waals surface area contributed by atoms with E-state index in [4.69, 9.17) is 0 Å². The molecule has 0 unspecified atom stereocenters. The van der Waals surface area contributed by atoms with Crippen molar-refractivity contribution in [3.8, 4) is 0 Å². The van der Waals surface area contributed by atoms with Gasteiger partial charge in [0.25, 0.3) is 5.91 Å². The van der Waals surface area contributed by atoms with Crippen molar-refractivity contribution in [2.24, 2.45) is 0 Å². The van der Waals surface area contributed by atoms with Gasteiger partial charge in [0.05, 0.1) is 17.2 Å². The Labute approximate surface area is 175 Å². The largest absolute Gasteiger partial charge is 0.433 e. The van der Waals surface area contributed by atoms with E-state index in [1.165, 1.54) is 12.3 Å². The van der Waals surface area contributed by atoms with E-state index in [0.717, 1.165) is 28.4 Å². The molecule has 160 valence electrons. The highest BCUT2D eigenvalue weighted by molar-refractivity contribution is 6.04. The number of nitrogens with one attached hydrogen (secondary N) is 2. The number of alkyl halides is 3. The van der Waals surface area contributed by atoms with Gasteiger partial charge in [-0.1, -0.05) is 6.07 Å². The lowest BCUT2D eigenvalue weighted by Crippen LogP contribution is -2.15. The second-order valence-electron chi connectivity index (χ2n) is 7.36. The van der Waals surface area contributed by atoms with Gasteiger partial charge in [0.1, 0.15) is 17.2 Å². The van der Waals surface area contributed by atoms with Gasteiger partial charge in [0, 0.05) is 18.4 Å². The van der Waals surface area contributed by atoms with Crippen molar-refractivity contribution in [2.75, 3.05) is 5.32 Å². The molecule has 0 radical (unpaired) electrons. The number of halogens is 3. The molecule has 10 heteroatoms. The highest BCUT2D eigenvalue weighted by Crippen LogP contribution is 2.28. The van der Waals surface area contributed by atoms with Crippen molar-refractivity contribution in [3.63, 3.8) is 0 Å². The number of aromatic amines is 1. The van der Waals surface area contributed by atoms with Gasteiger partial charge in [0.15, 0.2) is 0 Å². The second-order valence-corrected chi connectivity index (χ2v) is 7.36. The molecular formula is C21H19F3N6O. The van der Waals surface area contributed by atoms with Crippen LogP contribution in [0.5, 0.6) is 0 Å². The molecule has 0 aromatic carbocycles. The van der Waals surface area contributed by atoms with E-state index in [1.54, 1.807) is 13.1 Å². The zero-order valence-electron chi connectivity index (χ0n) is 17.0. The number of H-pyrrole nitrogens is 1. The lowest BCUT2D eigenvalue weighted by Gasteiger charge is -2.11. The van der Waals surface area contributed by atoms with Gasteiger partial charge in [0.2, 0.25) is 0 Å². The van der Waals surface area contributed by atoms with E-state index in [9.17, 15) is 18.0 Å². The number of hydrogen-bond acceptors (Lipinski definition) is 4. The van der Waals surface area contributed by atoms with Crippen molar-refractivity contribution in [2.45, 2.75) is 33.5 Å². The van der Waals surface area contributed by atoms with Crippen LogP contribution in [0.4, 0.5) is 19.0 Å². The van der Waals surface area contributed by atoms with Gasteiger partial charge >= 0.3 is 6.18 Å². The summed E-state index contributed by atoms with van der Waals surface area (Å²) in [6.45, 7) is 5.84. The number of fused-ring (bicyclic) bond motifs is 1. The Hall–Kier alpha value is -3.69. The third-order valence-corrected chi connectivity index (χ3v) is 5.03. The lowest BCUT2D eigenvalue weighted by atomic mass is 10.2. The van der Waals surface area contributed by atoms with Crippen molar-refractivity contribution in [3.05, 3.63) is 70.4 Å². The molecule has 4 rings (SSSR count). The minimum Gasteiger partial charge on any atom is -0.339 e. The molecule has 0 spiro atoms. The topological polar surface area (TPSA) is 88.5 Å². The molecule has 31 heavy (non-hydrogen) atoms. The molecule has 0 saturated carbocycles. The number of nitrogens with zero attached hydrogens (tertiary/aromatic N) is 4. The maximum atomic E-state index is 12.7. The first-order chi connectivity index (χ1) is 14.6. The third-order valence-electron chi connectivity index (χ3n) is 5.03. The number of rotatable bonds is 4. The first kappa shape index (κ1) is 20.6. The number of hydrogen-bond donors (Lipinski definition) is 2. The van der Waals surface area contributed by atoms with E-state index in [0.29, 0.717) is 29.1 Å². The van der Waals surface area contributed by atoms with E-state index in [2.05, 4.69) is 25.5 Å². The number of aryl methyl sites for hydroxylation is 3. The number of aromatic nitrogens is 5. The minimum atomic E-state index is -4.47. The Balaban J connectivity index is 1.63. The van der Waals surface area contributed by atoms with Crippen LogP contribution in [0.25, 0.3) is 11.0 Å². The Morgan fingerprint density at radius 3 is 2.52 bits per heavy atom. The summed E-state index contributed by atoms with van der Waals surface area (Å²) < 4.78 is 40.2. The molecule has 0 aliphatic heterocycles. The summed E-state index contributed by atoms with van der Waals surface area (Å²) in [7, 11) is 0. The van der Waals surface area contributed by atoms with Crippen LogP contribution >= 0.6 is 0 Å². The van der Waals surface area contributed by atoms with Crippen LogP contribution in [-0.4, -0.2) is 30.6 Å². The van der Waals surface area contributed by atoms with Crippen molar-refractivity contribution < 1.29 is 18.0 Å². The van der Waals surface area contributed by atoms with Crippen molar-refractivity contribution >= 4 is 22.8 Å². The summed E-state index contributed by atoms with van der Waals surface area (Å²) in [6.07, 6.45) is -1.67. The molecule has 0 aliphatic carbocycles. The average Bonchev–Trinajstić information content (AvgIpc) is 3.25. The van der Waals surface area contributed by atoms with Crippen LogP contribution in [0.1, 0.15) is 38.6 Å². The smallest absolute Gasteiger partial charge is 0.339 e. The quantitative estimate of drug-likeness (QED) is 0.504. The Kier molecular flexibility index (Phi) is 5.00. The molecule has 0 saturated heterocycles. The van der Waals surface area contributed by atoms with E-state index in [1.807, 2.05) is 30.5 Å². The maximum Gasteiger partial charge on any atom is 0.433 e. The van der Waals surface area contributed by atoms with Crippen LogP contribution in [-0.2, 0) is 12.7 Å². The predicted molar refractivity (Wildman–Crippen MR) is 109 cm³/mol. The fourth-order valence-corrected chi connectivity index (χ4v) is 3.35. The van der Waals surface area contributed by atoms with Crippen LogP contribution < -0.4 is 5.32 Å². The Bertz CT molecular complexity index is 1270. The van der Waals surface area contributed by atoms with Gasteiger partial charge in [-0.15, -0.1) is 0 Å². The van der Waals surface area contributed by atoms with Crippen molar-refractivity contribution in [1.29, 1.82) is 0 Å². The molecule has 0 aliphatic rings. The molecule has 4 aromatic heterocycles. The summed E-state index contributed by atoms with van der Waals surface area (Å²) >= 11 is 0. The fourth-order valence-electron chi connectivity index (χ4n) is 3.35. The molecule has 1 amide bonds. The van der Waals surface area contributed by atoms with Gasteiger partial charge in [-0.3, -0.25) is 14.9 Å². The SMILES string of the molecule is Cc1cc2c(cc(C)n2Cc2ccc(C(F)(F)F)nc2)nc1NC(=O)c1[nH]ncc1C. The van der Waals surface area contributed by atoms with Crippen LogP contribution in [0.3, 0.4) is 0 Å². The number of carbonyl (C=O) groups excluding carboxylic acids is 1. The van der Waals surface area contributed by atoms with Gasteiger partial charge in [-0.2, -0.15) is 18.3 Å². The molecular weight excluding hydrogens is 409 g/mol. The third kappa shape index (κ3) is 4.00. The average molecular weight is 428 g/mol. The van der Waals surface area contributed by atoms with E-state index >= 15 is 0 Å².